The van der Waals surface area contributed by atoms with Crippen LogP contribution in [0.25, 0.3) is 0 Å². The van der Waals surface area contributed by atoms with E-state index in [0.29, 0.717) is 11.3 Å². The van der Waals surface area contributed by atoms with Crippen LogP contribution in [-0.4, -0.2) is 17.9 Å². The summed E-state index contributed by atoms with van der Waals surface area (Å²) >= 11 is 3.24. The van der Waals surface area contributed by atoms with Crippen molar-refractivity contribution in [2.45, 2.75) is 12.1 Å². The van der Waals surface area contributed by atoms with Gasteiger partial charge in [0.25, 0.3) is 5.78 Å². The van der Waals surface area contributed by atoms with Crippen molar-refractivity contribution in [1.82, 2.24) is 0 Å². The summed E-state index contributed by atoms with van der Waals surface area (Å²) < 4.78 is 60.6. The van der Waals surface area contributed by atoms with Gasteiger partial charge in [0.05, 0.1) is 4.88 Å². The smallest absolute Gasteiger partial charge is 0.286 e. The summed E-state index contributed by atoms with van der Waals surface area (Å²) in [5.74, 6) is -7.59. The summed E-state index contributed by atoms with van der Waals surface area (Å²) in [6.07, 6.45) is -5.87. The highest BCUT2D eigenvalue weighted by atomic mass is 79.9. The van der Waals surface area contributed by atoms with E-state index in [1.54, 1.807) is 0 Å². The number of hydrogen-bond acceptors (Lipinski definition) is 2. The largest absolute Gasteiger partial charge is 0.461 e. The third-order valence-corrected chi connectivity index (χ3v) is 3.30. The molecule has 1 heterocycles. The van der Waals surface area contributed by atoms with E-state index in [2.05, 4.69) is 15.9 Å². The Bertz CT molecular complexity index is 383. The Morgan fingerprint density at radius 2 is 1.80 bits per heavy atom. The van der Waals surface area contributed by atoms with Gasteiger partial charge in [-0.05, 0) is 27.4 Å². The number of hydrogen-bond donors (Lipinski definition) is 0. The average molecular weight is 309 g/mol. The lowest BCUT2D eigenvalue weighted by molar-refractivity contribution is -0.255. The van der Waals surface area contributed by atoms with E-state index in [9.17, 15) is 26.7 Å². The van der Waals surface area contributed by atoms with Crippen molar-refractivity contribution in [3.63, 3.8) is 0 Å². The van der Waals surface area contributed by atoms with Crippen molar-refractivity contribution in [1.29, 1.82) is 0 Å². The van der Waals surface area contributed by atoms with Crippen molar-refractivity contribution in [3.8, 4) is 0 Å². The number of thiophene rings is 1. The van der Waals surface area contributed by atoms with Gasteiger partial charge in [0, 0.05) is 4.47 Å². The minimum Gasteiger partial charge on any atom is -0.286 e. The molecule has 0 saturated carbocycles. The lowest BCUT2D eigenvalue weighted by atomic mass is 10.2. The Kier molecular flexibility index (Phi) is 3.20. The maximum absolute atomic E-state index is 12.6. The number of halogens is 6. The highest BCUT2D eigenvalue weighted by Crippen LogP contribution is 2.40. The minimum absolute atomic E-state index is 0.0681. The van der Waals surface area contributed by atoms with Gasteiger partial charge in [-0.1, -0.05) is 0 Å². The monoisotopic (exact) mass is 308 g/mol. The first kappa shape index (κ1) is 12.6. The van der Waals surface area contributed by atoms with Gasteiger partial charge in [0.1, 0.15) is 0 Å². The zero-order valence-electron chi connectivity index (χ0n) is 6.74. The number of alkyl halides is 5. The molecule has 0 fully saturated rings. The maximum Gasteiger partial charge on any atom is 0.461 e. The van der Waals surface area contributed by atoms with E-state index >= 15 is 0 Å². The van der Waals surface area contributed by atoms with Gasteiger partial charge in [-0.2, -0.15) is 22.0 Å². The fraction of sp³-hybridized carbons (Fsp3) is 0.286. The molecule has 0 aliphatic carbocycles. The molecule has 0 aliphatic rings. The van der Waals surface area contributed by atoms with Gasteiger partial charge in [-0.25, -0.2) is 0 Å². The quantitative estimate of drug-likeness (QED) is 0.598. The molecule has 0 bridgehead atoms. The topological polar surface area (TPSA) is 17.1 Å². The molecule has 0 aliphatic heterocycles. The molecule has 1 nitrogen and oxygen atoms in total. The van der Waals surface area contributed by atoms with Crippen molar-refractivity contribution in [2.75, 3.05) is 0 Å². The first-order valence-corrected chi connectivity index (χ1v) is 5.07. The molecule has 0 N–H and O–H groups in total. The highest BCUT2D eigenvalue weighted by molar-refractivity contribution is 9.10. The second-order valence-corrected chi connectivity index (χ2v) is 4.27. The van der Waals surface area contributed by atoms with Crippen LogP contribution in [0.5, 0.6) is 0 Å². The van der Waals surface area contributed by atoms with E-state index in [-0.39, 0.29) is 4.47 Å². The predicted octanol–water partition coefficient (Wildman–Crippen LogP) is 3.89. The Labute approximate surface area is 93.0 Å². The molecule has 15 heavy (non-hydrogen) atoms. The second-order valence-electron chi connectivity index (χ2n) is 2.50. The van der Waals surface area contributed by atoms with Crippen LogP contribution in [0.1, 0.15) is 9.67 Å². The molecule has 0 spiro atoms. The molecule has 1 rings (SSSR count). The molecular formula is C7H2BrF5OS. The van der Waals surface area contributed by atoms with Crippen LogP contribution in [0, 0.1) is 0 Å². The summed E-state index contributed by atoms with van der Waals surface area (Å²) in [6.45, 7) is 0. The van der Waals surface area contributed by atoms with E-state index in [4.69, 9.17) is 0 Å². The Morgan fingerprint density at radius 1 is 1.27 bits per heavy atom. The summed E-state index contributed by atoms with van der Waals surface area (Å²) in [4.78, 5) is 10.3. The standard InChI is InChI=1S/C7H2BrF5OS/c8-3-1-2-15-4(3)5(14)6(9,10)7(11,12)13/h1-2H. The van der Waals surface area contributed by atoms with Gasteiger partial charge in [0.15, 0.2) is 0 Å². The lowest BCUT2D eigenvalue weighted by Crippen LogP contribution is -2.43. The molecule has 0 aromatic carbocycles. The minimum atomic E-state index is -5.87. The Balaban J connectivity index is 3.11. The fourth-order valence-corrected chi connectivity index (χ4v) is 2.25. The molecule has 0 radical (unpaired) electrons. The molecule has 1 aromatic rings. The van der Waals surface area contributed by atoms with Crippen LogP contribution < -0.4 is 0 Å². The third-order valence-electron chi connectivity index (χ3n) is 1.46. The zero-order chi connectivity index (χ0) is 11.9. The number of rotatable bonds is 2. The van der Waals surface area contributed by atoms with Gasteiger partial charge in [-0.3, -0.25) is 4.79 Å². The number of ketones is 1. The van der Waals surface area contributed by atoms with Gasteiger partial charge in [0.2, 0.25) is 0 Å². The molecule has 0 saturated heterocycles. The molecule has 0 atom stereocenters. The van der Waals surface area contributed by atoms with Crippen LogP contribution >= 0.6 is 27.3 Å². The molecular weight excluding hydrogens is 307 g/mol. The van der Waals surface area contributed by atoms with Crippen molar-refractivity contribution in [2.24, 2.45) is 0 Å². The molecule has 84 valence electrons. The van der Waals surface area contributed by atoms with Crippen molar-refractivity contribution >= 4 is 33.0 Å². The predicted molar refractivity (Wildman–Crippen MR) is 47.4 cm³/mol. The third kappa shape index (κ3) is 2.20. The van der Waals surface area contributed by atoms with Crippen LogP contribution in [-0.2, 0) is 0 Å². The normalized spacial score (nSPS) is 12.9. The fourth-order valence-electron chi connectivity index (χ4n) is 0.727. The number of carbonyl (C=O) groups is 1. The summed E-state index contributed by atoms with van der Waals surface area (Å²) in [6, 6.07) is 1.23. The van der Waals surface area contributed by atoms with Gasteiger partial charge >= 0.3 is 12.1 Å². The van der Waals surface area contributed by atoms with Crippen LogP contribution in [0.3, 0.4) is 0 Å². The van der Waals surface area contributed by atoms with Crippen LogP contribution in [0.2, 0.25) is 0 Å². The van der Waals surface area contributed by atoms with Crippen LogP contribution in [0.4, 0.5) is 22.0 Å². The SMILES string of the molecule is O=C(c1sccc1Br)C(F)(F)C(F)(F)F. The van der Waals surface area contributed by atoms with Crippen LogP contribution in [0.15, 0.2) is 15.9 Å². The number of carbonyl (C=O) groups excluding carboxylic acids is 1. The Hall–Kier alpha value is -0.500. The molecule has 1 aromatic heterocycles. The lowest BCUT2D eigenvalue weighted by Gasteiger charge is -2.17. The summed E-state index contributed by atoms with van der Waals surface area (Å²) in [5, 5.41) is 1.24. The molecule has 8 heteroatoms. The van der Waals surface area contributed by atoms with Crippen molar-refractivity contribution in [3.05, 3.63) is 20.8 Å². The van der Waals surface area contributed by atoms with E-state index < -0.39 is 22.8 Å². The maximum atomic E-state index is 12.6. The second kappa shape index (κ2) is 3.82. The average Bonchev–Trinajstić information content (AvgIpc) is 2.48. The van der Waals surface area contributed by atoms with Gasteiger partial charge in [-0.15, -0.1) is 11.3 Å². The Morgan fingerprint density at radius 3 is 2.13 bits per heavy atom. The highest BCUT2D eigenvalue weighted by Gasteiger charge is 2.63. The van der Waals surface area contributed by atoms with E-state index in [1.165, 1.54) is 11.4 Å². The number of Topliss-reactive ketones (excluding diaryl/α,β-unsaturated/α-hetero) is 1. The molecule has 0 amide bonds. The van der Waals surface area contributed by atoms with E-state index in [0.717, 1.165) is 0 Å². The van der Waals surface area contributed by atoms with Crippen molar-refractivity contribution < 1.29 is 26.7 Å². The van der Waals surface area contributed by atoms with E-state index in [1.807, 2.05) is 0 Å². The first-order valence-electron chi connectivity index (χ1n) is 3.40. The van der Waals surface area contributed by atoms with Gasteiger partial charge < -0.3 is 0 Å². The molecule has 0 unspecified atom stereocenters. The summed E-state index contributed by atoms with van der Waals surface area (Å²) in [5.41, 5.74) is 0. The zero-order valence-corrected chi connectivity index (χ0v) is 9.14. The summed E-state index contributed by atoms with van der Waals surface area (Å²) in [7, 11) is 0. The first-order chi connectivity index (χ1) is 6.68.